The van der Waals surface area contributed by atoms with Crippen LogP contribution in [0.5, 0.6) is 5.75 Å². The van der Waals surface area contributed by atoms with E-state index >= 15 is 0 Å². The Balaban J connectivity index is 1.85. The maximum absolute atomic E-state index is 12.0. The van der Waals surface area contributed by atoms with Crippen molar-refractivity contribution in [2.45, 2.75) is 85.5 Å². The van der Waals surface area contributed by atoms with Gasteiger partial charge in [-0.1, -0.05) is 95.1 Å². The van der Waals surface area contributed by atoms with E-state index in [-0.39, 0.29) is 19.8 Å². The zero-order chi connectivity index (χ0) is 32.0. The molecule has 2 N–H and O–H groups in total. The summed E-state index contributed by atoms with van der Waals surface area (Å²) in [6, 6.07) is 21.8. The number of aliphatic hydroxyl groups is 2. The number of esters is 1. The van der Waals surface area contributed by atoms with Crippen LogP contribution in [0.1, 0.15) is 82.9 Å². The summed E-state index contributed by atoms with van der Waals surface area (Å²) in [6.45, 7) is 12.2. The average Bonchev–Trinajstić information content (AvgIpc) is 3.05. The topological polar surface area (TPSA) is 76.0 Å². The van der Waals surface area contributed by atoms with E-state index in [4.69, 9.17) is 9.47 Å². The third kappa shape index (κ3) is 9.80. The molecule has 44 heavy (non-hydrogen) atoms. The first-order valence-corrected chi connectivity index (χ1v) is 16.3. The standard InChI is InChI=1S/C39H52O5/c1-6-9-10-11-30-12-14-32(15-13-30)33-16-18-36(31(8-3)25-33)34-17-19-37(35(26-34)20-23-44-38(42)29(4)5)43-24-22-39(27-40,28-41)21-7-2/h12-19,25-26,40-41H,4,6-11,20-24,27-28H2,1-3,5H3. The molecular formula is C39H52O5. The van der Waals surface area contributed by atoms with Crippen molar-refractivity contribution in [3.63, 3.8) is 0 Å². The Kier molecular flexibility index (Phi) is 14.2. The van der Waals surface area contributed by atoms with Crippen LogP contribution in [0.2, 0.25) is 0 Å². The minimum Gasteiger partial charge on any atom is -0.493 e. The maximum Gasteiger partial charge on any atom is 0.333 e. The minimum absolute atomic E-state index is 0.0811. The minimum atomic E-state index is -0.557. The van der Waals surface area contributed by atoms with Crippen molar-refractivity contribution in [2.75, 3.05) is 26.4 Å². The van der Waals surface area contributed by atoms with Gasteiger partial charge in [-0.3, -0.25) is 0 Å². The third-order valence-electron chi connectivity index (χ3n) is 8.51. The van der Waals surface area contributed by atoms with E-state index < -0.39 is 11.4 Å². The first-order valence-electron chi connectivity index (χ1n) is 16.3. The van der Waals surface area contributed by atoms with Gasteiger partial charge in [0, 0.05) is 17.4 Å². The fourth-order valence-electron chi connectivity index (χ4n) is 5.65. The lowest BCUT2D eigenvalue weighted by molar-refractivity contribution is -0.138. The van der Waals surface area contributed by atoms with Gasteiger partial charge in [-0.15, -0.1) is 0 Å². The zero-order valence-corrected chi connectivity index (χ0v) is 27.3. The summed E-state index contributed by atoms with van der Waals surface area (Å²) in [7, 11) is 0. The third-order valence-corrected chi connectivity index (χ3v) is 8.51. The molecule has 0 atom stereocenters. The van der Waals surface area contributed by atoms with Crippen LogP contribution in [0.3, 0.4) is 0 Å². The highest BCUT2D eigenvalue weighted by molar-refractivity contribution is 5.86. The lowest BCUT2D eigenvalue weighted by Crippen LogP contribution is -2.31. The summed E-state index contributed by atoms with van der Waals surface area (Å²) < 4.78 is 11.7. The Morgan fingerprint density at radius 1 is 0.773 bits per heavy atom. The Morgan fingerprint density at radius 3 is 2.09 bits per heavy atom. The van der Waals surface area contributed by atoms with Crippen LogP contribution in [0, 0.1) is 5.41 Å². The molecule has 0 radical (unpaired) electrons. The molecule has 3 aromatic carbocycles. The lowest BCUT2D eigenvalue weighted by atomic mass is 9.82. The normalized spacial score (nSPS) is 11.4. The van der Waals surface area contributed by atoms with E-state index in [2.05, 4.69) is 75.0 Å². The van der Waals surface area contributed by atoms with Gasteiger partial charge in [0.2, 0.25) is 0 Å². The monoisotopic (exact) mass is 600 g/mol. The van der Waals surface area contributed by atoms with Gasteiger partial charge < -0.3 is 19.7 Å². The molecule has 0 heterocycles. The summed E-state index contributed by atoms with van der Waals surface area (Å²) in [5.74, 6) is 0.312. The molecule has 0 aliphatic rings. The van der Waals surface area contributed by atoms with Crippen LogP contribution in [0.15, 0.2) is 72.8 Å². The van der Waals surface area contributed by atoms with Gasteiger partial charge in [-0.05, 0) is 90.1 Å². The van der Waals surface area contributed by atoms with E-state index in [0.717, 1.165) is 42.6 Å². The Hall–Kier alpha value is -3.41. The van der Waals surface area contributed by atoms with Crippen molar-refractivity contribution in [2.24, 2.45) is 5.41 Å². The second-order valence-electron chi connectivity index (χ2n) is 12.0. The number of hydrogen-bond donors (Lipinski definition) is 2. The molecule has 0 aliphatic carbocycles. The smallest absolute Gasteiger partial charge is 0.333 e. The molecule has 238 valence electrons. The quantitative estimate of drug-likeness (QED) is 0.0820. The highest BCUT2D eigenvalue weighted by Gasteiger charge is 2.28. The highest BCUT2D eigenvalue weighted by atomic mass is 16.5. The van der Waals surface area contributed by atoms with Crippen molar-refractivity contribution >= 4 is 5.97 Å². The van der Waals surface area contributed by atoms with Crippen LogP contribution in [0.4, 0.5) is 0 Å². The van der Waals surface area contributed by atoms with Gasteiger partial charge in [-0.25, -0.2) is 4.79 Å². The predicted octanol–water partition coefficient (Wildman–Crippen LogP) is 8.52. The number of carbonyl (C=O) groups is 1. The Morgan fingerprint density at radius 2 is 1.45 bits per heavy atom. The van der Waals surface area contributed by atoms with Gasteiger partial charge >= 0.3 is 5.97 Å². The molecule has 0 amide bonds. The van der Waals surface area contributed by atoms with E-state index in [1.807, 2.05) is 13.0 Å². The molecule has 0 spiro atoms. The second kappa shape index (κ2) is 17.8. The molecule has 3 rings (SSSR count). The van der Waals surface area contributed by atoms with Gasteiger partial charge in [0.05, 0.1) is 26.4 Å². The highest BCUT2D eigenvalue weighted by Crippen LogP contribution is 2.34. The molecule has 3 aromatic rings. The Labute approximate surface area is 264 Å². The number of carbonyl (C=O) groups excluding carboxylic acids is 1. The maximum atomic E-state index is 12.0. The first kappa shape index (κ1) is 35.1. The molecule has 0 saturated carbocycles. The largest absolute Gasteiger partial charge is 0.493 e. The number of benzene rings is 3. The molecule has 0 unspecified atom stereocenters. The SMILES string of the molecule is C=C(C)C(=O)OCCc1cc(-c2ccc(-c3ccc(CCCCC)cc3)cc2CC)ccc1OCCC(CO)(CO)CCC. The number of aryl methyl sites for hydroxylation is 2. The Bertz CT molecular complexity index is 1340. The molecule has 5 nitrogen and oxygen atoms in total. The summed E-state index contributed by atoms with van der Waals surface area (Å²) in [5, 5.41) is 19.9. The van der Waals surface area contributed by atoms with Crippen LogP contribution < -0.4 is 4.74 Å². The molecular weight excluding hydrogens is 548 g/mol. The van der Waals surface area contributed by atoms with E-state index in [1.54, 1.807) is 6.92 Å². The van der Waals surface area contributed by atoms with E-state index in [9.17, 15) is 15.0 Å². The number of unbranched alkanes of at least 4 members (excludes halogenated alkanes) is 2. The predicted molar refractivity (Wildman–Crippen MR) is 181 cm³/mol. The molecule has 0 fully saturated rings. The molecule has 0 saturated heterocycles. The van der Waals surface area contributed by atoms with Crippen molar-refractivity contribution in [1.82, 2.24) is 0 Å². The van der Waals surface area contributed by atoms with Crippen LogP contribution in [-0.4, -0.2) is 42.6 Å². The van der Waals surface area contributed by atoms with Gasteiger partial charge in [0.1, 0.15) is 5.75 Å². The number of ether oxygens (including phenoxy) is 2. The van der Waals surface area contributed by atoms with Crippen molar-refractivity contribution in [3.05, 3.63) is 89.5 Å². The molecule has 0 aromatic heterocycles. The fourth-order valence-corrected chi connectivity index (χ4v) is 5.65. The summed E-state index contributed by atoms with van der Waals surface area (Å²) >= 11 is 0. The van der Waals surface area contributed by atoms with Gasteiger partial charge in [0.25, 0.3) is 0 Å². The number of aliphatic hydroxyl groups excluding tert-OH is 2. The molecule has 0 bridgehead atoms. The van der Waals surface area contributed by atoms with Crippen molar-refractivity contribution in [1.29, 1.82) is 0 Å². The number of rotatable bonds is 19. The van der Waals surface area contributed by atoms with Crippen LogP contribution >= 0.6 is 0 Å². The van der Waals surface area contributed by atoms with Crippen LogP contribution in [0.25, 0.3) is 22.3 Å². The van der Waals surface area contributed by atoms with Gasteiger partial charge in [-0.2, -0.15) is 0 Å². The molecule has 0 aliphatic heterocycles. The van der Waals surface area contributed by atoms with Crippen LogP contribution in [-0.2, 0) is 28.8 Å². The first-order chi connectivity index (χ1) is 21.3. The van der Waals surface area contributed by atoms with E-state index in [0.29, 0.717) is 25.0 Å². The number of hydrogen-bond acceptors (Lipinski definition) is 5. The summed E-state index contributed by atoms with van der Waals surface area (Å²) in [4.78, 5) is 12.0. The van der Waals surface area contributed by atoms with Gasteiger partial charge in [0.15, 0.2) is 0 Å². The second-order valence-corrected chi connectivity index (χ2v) is 12.0. The molecule has 5 heteroatoms. The van der Waals surface area contributed by atoms with E-state index in [1.165, 1.54) is 47.1 Å². The van der Waals surface area contributed by atoms with Crippen molar-refractivity contribution < 1.29 is 24.5 Å². The fraction of sp³-hybridized carbons (Fsp3) is 0.462. The average molecular weight is 601 g/mol. The summed E-state index contributed by atoms with van der Waals surface area (Å²) in [5.41, 5.74) is 8.09. The zero-order valence-electron chi connectivity index (χ0n) is 27.3. The lowest BCUT2D eigenvalue weighted by Gasteiger charge is -2.29. The summed E-state index contributed by atoms with van der Waals surface area (Å²) in [6.07, 6.45) is 8.39. The van der Waals surface area contributed by atoms with Crippen molar-refractivity contribution in [3.8, 4) is 28.0 Å².